The Morgan fingerprint density at radius 1 is 0.932 bits per heavy atom. The van der Waals surface area contributed by atoms with Crippen molar-refractivity contribution in [2.75, 3.05) is 34.4 Å². The van der Waals surface area contributed by atoms with Crippen LogP contribution in [0.2, 0.25) is 0 Å². The number of hydrogen-bond donors (Lipinski definition) is 2. The third-order valence-corrected chi connectivity index (χ3v) is 12.9. The van der Waals surface area contributed by atoms with Crippen molar-refractivity contribution in [3.05, 3.63) is 136 Å². The predicted octanol–water partition coefficient (Wildman–Crippen LogP) is 7.68. The predicted molar refractivity (Wildman–Crippen MR) is 230 cm³/mol. The minimum atomic E-state index is -4.67. The number of carbonyl (C=O) groups is 1. The van der Waals surface area contributed by atoms with Crippen LogP contribution in [0, 0.1) is 5.92 Å². The minimum absolute atomic E-state index is 0.0465. The number of nitrogens with zero attached hydrogens (tertiary/aromatic N) is 4. The molecule has 2 aromatic heterocycles. The highest BCUT2D eigenvalue weighted by molar-refractivity contribution is 9.10. The van der Waals surface area contributed by atoms with Gasteiger partial charge in [-0.1, -0.05) is 72.8 Å². The summed E-state index contributed by atoms with van der Waals surface area (Å²) >= 11 is 3.35. The topological polar surface area (TPSA) is 144 Å². The second-order valence-corrected chi connectivity index (χ2v) is 18.0. The molecule has 3 fully saturated rings. The van der Waals surface area contributed by atoms with Crippen LogP contribution >= 0.6 is 15.9 Å². The Morgan fingerprint density at radius 2 is 1.56 bits per heavy atom. The van der Waals surface area contributed by atoms with E-state index < -0.39 is 16.0 Å². The summed E-state index contributed by atoms with van der Waals surface area (Å²) < 4.78 is 53.3. The normalized spacial score (nSPS) is 25.1. The van der Waals surface area contributed by atoms with Crippen LogP contribution in [0.4, 0.5) is 0 Å². The quantitative estimate of drug-likeness (QED) is 0.117. The zero-order valence-corrected chi connectivity index (χ0v) is 36.3. The molecule has 3 aromatic carbocycles. The number of rotatable bonds is 8. The van der Waals surface area contributed by atoms with Crippen LogP contribution in [0.1, 0.15) is 70.8 Å². The van der Waals surface area contributed by atoms with Gasteiger partial charge >= 0.3 is 16.4 Å². The molecule has 5 unspecified atom stereocenters. The van der Waals surface area contributed by atoms with Gasteiger partial charge in [-0.2, -0.15) is 8.42 Å². The fraction of sp³-hybridized carbons (Fsp3) is 0.422. The number of hydrogen-bond acceptors (Lipinski definition) is 9. The number of pyridine rings is 1. The van der Waals surface area contributed by atoms with Gasteiger partial charge in [-0.3, -0.25) is 19.0 Å². The van der Waals surface area contributed by atoms with Crippen LogP contribution in [-0.4, -0.2) is 101 Å². The average molecular weight is 890 g/mol. The summed E-state index contributed by atoms with van der Waals surface area (Å²) in [5.41, 5.74) is 6.41. The molecular weight excluding hydrogens is 836 g/mol. The lowest BCUT2D eigenvalue weighted by Crippen LogP contribution is -2.59. The lowest BCUT2D eigenvalue weighted by molar-refractivity contribution is -0.131. The van der Waals surface area contributed by atoms with E-state index in [-0.39, 0.29) is 24.0 Å². The van der Waals surface area contributed by atoms with Crippen molar-refractivity contribution in [2.45, 2.75) is 74.5 Å². The molecule has 12 nitrogen and oxygen atoms in total. The lowest BCUT2D eigenvalue weighted by Gasteiger charge is -2.53. The maximum Gasteiger partial charge on any atom is 0.394 e. The van der Waals surface area contributed by atoms with E-state index in [4.69, 9.17) is 31.7 Å². The largest absolute Gasteiger partial charge is 0.462 e. The summed E-state index contributed by atoms with van der Waals surface area (Å²) in [5, 5.41) is 1.31. The standard InChI is InChI=1S/C24H26BrN3O3.C21H25NO.H2O4S/c1-27-13-17-8-21-24(30-3,19-5-4-6-20(27)22(17)19)9-15(12-28(21)2)14-31-23(29)16-7-18(25)11-26-10-16;1-22-18-12-13-19(22)15-20(14-18)23-21(16-8-4-2-5-9-16)17-10-6-3-7-11-17;1-5(2,3)4/h4-7,10-11,13,15,21H,8-9,12,14H2,1-3H3;2-11,18-21H,12-15H2,1H3;(H2,1,2,3,4). The summed E-state index contributed by atoms with van der Waals surface area (Å²) in [6, 6.07) is 31.2. The van der Waals surface area contributed by atoms with Crippen LogP contribution in [0.5, 0.6) is 0 Å². The lowest BCUT2D eigenvalue weighted by atomic mass is 9.69. The van der Waals surface area contributed by atoms with Crippen molar-refractivity contribution in [2.24, 2.45) is 13.0 Å². The number of aryl methyl sites for hydroxylation is 1. The third-order valence-electron chi connectivity index (χ3n) is 12.5. The minimum Gasteiger partial charge on any atom is -0.462 e. The van der Waals surface area contributed by atoms with Crippen molar-refractivity contribution in [1.29, 1.82) is 0 Å². The summed E-state index contributed by atoms with van der Waals surface area (Å²) in [4.78, 5) is 21.5. The number of likely N-dealkylation sites (N-methyl/N-ethyl adjacent to an activating group) is 1. The number of halogens is 1. The molecule has 59 heavy (non-hydrogen) atoms. The van der Waals surface area contributed by atoms with E-state index in [1.807, 2.05) is 7.11 Å². The fourth-order valence-electron chi connectivity index (χ4n) is 9.90. The molecule has 4 aliphatic rings. The van der Waals surface area contributed by atoms with Crippen LogP contribution in [0.25, 0.3) is 10.9 Å². The van der Waals surface area contributed by atoms with Gasteiger partial charge < -0.3 is 23.7 Å². The molecule has 5 atom stereocenters. The number of methoxy groups -OCH3 is 1. The molecule has 2 N–H and O–H groups in total. The Balaban J connectivity index is 0.000000166. The third kappa shape index (κ3) is 9.81. The Hall–Kier alpha value is -3.99. The van der Waals surface area contributed by atoms with Gasteiger partial charge in [0.1, 0.15) is 11.7 Å². The van der Waals surface area contributed by atoms with Crippen LogP contribution in [-0.2, 0) is 43.7 Å². The zero-order valence-electron chi connectivity index (χ0n) is 33.9. The monoisotopic (exact) mass is 888 g/mol. The van der Waals surface area contributed by atoms with Crippen molar-refractivity contribution in [1.82, 2.24) is 19.4 Å². The number of esters is 1. The summed E-state index contributed by atoms with van der Waals surface area (Å²) in [7, 11) is 3.69. The van der Waals surface area contributed by atoms with E-state index >= 15 is 0 Å². The van der Waals surface area contributed by atoms with Gasteiger partial charge in [0.25, 0.3) is 0 Å². The molecule has 0 spiro atoms. The molecule has 5 heterocycles. The molecule has 0 saturated carbocycles. The molecule has 5 aromatic rings. The second-order valence-electron chi connectivity index (χ2n) is 16.2. The van der Waals surface area contributed by atoms with E-state index in [9.17, 15) is 4.79 Å². The SMILES string of the molecule is CN1C2CCC1CC(OC(c1ccccc1)c1ccccc1)C2.COC12CC(COC(=O)c3cncc(Br)c3)CN(C)C1Cc1cn(C)c3cccc2c13.O=S(=O)(O)O. The summed E-state index contributed by atoms with van der Waals surface area (Å²) in [6.07, 6.45) is 12.6. The Bertz CT molecular complexity index is 2270. The van der Waals surface area contributed by atoms with E-state index in [1.165, 1.54) is 65.0 Å². The molecular formula is C45H53BrN4O8S. The number of piperidine rings is 2. The highest BCUT2D eigenvalue weighted by Crippen LogP contribution is 2.50. The van der Waals surface area contributed by atoms with E-state index in [2.05, 4.69) is 141 Å². The second kappa shape index (κ2) is 18.3. The Labute approximate surface area is 355 Å². The highest BCUT2D eigenvalue weighted by Gasteiger charge is 2.52. The summed E-state index contributed by atoms with van der Waals surface area (Å²) in [5.74, 6) is -0.174. The Morgan fingerprint density at radius 3 is 2.15 bits per heavy atom. The van der Waals surface area contributed by atoms with Crippen LogP contribution in [0.3, 0.4) is 0 Å². The maximum absolute atomic E-state index is 12.5. The first-order valence-corrected chi connectivity index (χ1v) is 22.2. The zero-order chi connectivity index (χ0) is 41.9. The molecule has 3 saturated heterocycles. The number of carbonyl (C=O) groups excluding carboxylic acids is 1. The molecule has 9 rings (SSSR count). The first kappa shape index (κ1) is 43.1. The van der Waals surface area contributed by atoms with Crippen molar-refractivity contribution < 1.29 is 36.5 Å². The maximum atomic E-state index is 12.5. The van der Waals surface area contributed by atoms with Gasteiger partial charge in [0.15, 0.2) is 0 Å². The van der Waals surface area contributed by atoms with E-state index in [0.717, 1.165) is 23.9 Å². The average Bonchev–Trinajstić information content (AvgIpc) is 3.63. The van der Waals surface area contributed by atoms with E-state index in [1.54, 1.807) is 12.3 Å². The number of likely N-dealkylation sites (tertiary alicyclic amines) is 1. The molecule has 1 aliphatic carbocycles. The Kier molecular flexibility index (Phi) is 13.4. The number of fused-ring (bicyclic) bond motifs is 4. The van der Waals surface area contributed by atoms with Crippen molar-refractivity contribution >= 4 is 43.2 Å². The van der Waals surface area contributed by atoms with Gasteiger partial charge in [0, 0.05) is 78.7 Å². The van der Waals surface area contributed by atoms with Gasteiger partial charge in [0.05, 0.1) is 18.3 Å². The number of aromatic nitrogens is 2. The molecule has 0 radical (unpaired) electrons. The van der Waals surface area contributed by atoms with Gasteiger partial charge in [-0.25, -0.2) is 4.79 Å². The van der Waals surface area contributed by atoms with E-state index in [0.29, 0.717) is 30.4 Å². The van der Waals surface area contributed by atoms with Gasteiger partial charge in [0.2, 0.25) is 0 Å². The van der Waals surface area contributed by atoms with Crippen LogP contribution in [0.15, 0.2) is 108 Å². The first-order chi connectivity index (χ1) is 28.2. The van der Waals surface area contributed by atoms with Crippen molar-refractivity contribution in [3.63, 3.8) is 0 Å². The van der Waals surface area contributed by atoms with Gasteiger partial charge in [-0.05, 0) is 103 Å². The summed E-state index contributed by atoms with van der Waals surface area (Å²) in [6.45, 7) is 1.21. The van der Waals surface area contributed by atoms with Crippen LogP contribution < -0.4 is 0 Å². The van der Waals surface area contributed by atoms with Gasteiger partial charge in [-0.15, -0.1) is 0 Å². The van der Waals surface area contributed by atoms with Crippen molar-refractivity contribution in [3.8, 4) is 0 Å². The highest BCUT2D eigenvalue weighted by atomic mass is 79.9. The smallest absolute Gasteiger partial charge is 0.394 e. The molecule has 314 valence electrons. The number of benzene rings is 3. The molecule has 14 heteroatoms. The molecule has 2 bridgehead atoms. The number of ether oxygens (including phenoxy) is 3. The molecule has 0 amide bonds. The molecule has 3 aliphatic heterocycles. The fourth-order valence-corrected chi connectivity index (χ4v) is 10.3. The first-order valence-electron chi connectivity index (χ1n) is 20.0.